The molecule has 98 valence electrons. The van der Waals surface area contributed by atoms with Crippen LogP contribution in [0.2, 0.25) is 0 Å². The monoisotopic (exact) mass is 267 g/mol. The van der Waals surface area contributed by atoms with Gasteiger partial charge in [-0.05, 0) is 18.8 Å². The third-order valence-corrected chi connectivity index (χ3v) is 4.99. The van der Waals surface area contributed by atoms with E-state index in [0.717, 1.165) is 24.5 Å². The largest absolute Gasteiger partial charge is 0.387 e. The van der Waals surface area contributed by atoms with Crippen LogP contribution in [0, 0.1) is 11.8 Å². The summed E-state index contributed by atoms with van der Waals surface area (Å²) >= 11 is 1.41. The van der Waals surface area contributed by atoms with Crippen molar-refractivity contribution >= 4 is 22.4 Å². The van der Waals surface area contributed by atoms with E-state index in [1.807, 2.05) is 0 Å². The van der Waals surface area contributed by atoms with Crippen LogP contribution in [0.4, 0.5) is 5.13 Å². The molecule has 6 heteroatoms. The maximum Gasteiger partial charge on any atom is 0.268 e. The molecular weight excluding hydrogens is 250 g/mol. The minimum absolute atomic E-state index is 0.242. The predicted molar refractivity (Wildman–Crippen MR) is 69.7 cm³/mol. The van der Waals surface area contributed by atoms with Crippen LogP contribution in [-0.4, -0.2) is 34.7 Å². The maximum absolute atomic E-state index is 11.0. The van der Waals surface area contributed by atoms with Crippen molar-refractivity contribution in [3.63, 3.8) is 0 Å². The molecule has 0 aromatic carbocycles. The van der Waals surface area contributed by atoms with E-state index < -0.39 is 11.5 Å². The lowest BCUT2D eigenvalue weighted by Crippen LogP contribution is -2.39. The highest BCUT2D eigenvalue weighted by molar-refractivity contribution is 7.13. The van der Waals surface area contributed by atoms with Crippen LogP contribution in [0.3, 0.4) is 0 Å². The summed E-state index contributed by atoms with van der Waals surface area (Å²) in [5.74, 6) is 0.182. The van der Waals surface area contributed by atoms with Crippen LogP contribution in [0.15, 0.2) is 5.38 Å². The number of anilines is 1. The summed E-state index contributed by atoms with van der Waals surface area (Å²) in [5, 5.41) is 13.2. The molecule has 1 aliphatic carbocycles. The predicted octanol–water partition coefficient (Wildman–Crippen LogP) is 0.839. The molecule has 2 aliphatic rings. The Bertz CT molecular complexity index is 485. The molecule has 2 fully saturated rings. The van der Waals surface area contributed by atoms with Crippen LogP contribution < -0.4 is 10.6 Å². The quantitative estimate of drug-likeness (QED) is 0.850. The molecule has 1 aliphatic heterocycles. The van der Waals surface area contributed by atoms with Gasteiger partial charge < -0.3 is 15.7 Å². The molecule has 0 bridgehead atoms. The van der Waals surface area contributed by atoms with Crippen LogP contribution in [0.25, 0.3) is 0 Å². The molecule has 3 N–H and O–H groups in total. The standard InChI is InChI=1S/C12H17N3O2S/c1-7-4-15(6-12(7,17)8-2-3-8)11-14-9(5-18-11)10(13)16/h5,7-8,17H,2-4,6H2,1H3,(H2,13,16)/t7-,12+/m1/s1. The second-order valence-corrected chi connectivity index (χ2v) is 6.26. The summed E-state index contributed by atoms with van der Waals surface area (Å²) in [6.07, 6.45) is 2.25. The van der Waals surface area contributed by atoms with E-state index in [4.69, 9.17) is 5.73 Å². The summed E-state index contributed by atoms with van der Waals surface area (Å²) in [6.45, 7) is 3.49. The molecule has 0 spiro atoms. The Morgan fingerprint density at radius 1 is 1.67 bits per heavy atom. The van der Waals surface area contributed by atoms with Crippen LogP contribution in [0.5, 0.6) is 0 Å². The van der Waals surface area contributed by atoms with Gasteiger partial charge in [-0.2, -0.15) is 0 Å². The number of primary amides is 1. The fourth-order valence-corrected chi connectivity index (χ4v) is 3.62. The molecule has 0 unspecified atom stereocenters. The van der Waals surface area contributed by atoms with Gasteiger partial charge >= 0.3 is 0 Å². The Labute approximate surface area is 110 Å². The van der Waals surface area contributed by atoms with Gasteiger partial charge in [-0.3, -0.25) is 4.79 Å². The van der Waals surface area contributed by atoms with E-state index in [2.05, 4.69) is 16.8 Å². The molecule has 2 heterocycles. The maximum atomic E-state index is 11.0. The number of nitrogens with zero attached hydrogens (tertiary/aromatic N) is 2. The molecule has 1 saturated carbocycles. The van der Waals surface area contributed by atoms with Crippen molar-refractivity contribution in [2.24, 2.45) is 17.6 Å². The highest BCUT2D eigenvalue weighted by Gasteiger charge is 2.52. The fraction of sp³-hybridized carbons (Fsp3) is 0.667. The van der Waals surface area contributed by atoms with Gasteiger partial charge in [0.2, 0.25) is 0 Å². The average molecular weight is 267 g/mol. The first kappa shape index (κ1) is 11.9. The number of hydrogen-bond acceptors (Lipinski definition) is 5. The minimum Gasteiger partial charge on any atom is -0.387 e. The van der Waals surface area contributed by atoms with Crippen molar-refractivity contribution in [3.05, 3.63) is 11.1 Å². The number of aromatic nitrogens is 1. The van der Waals surface area contributed by atoms with Crippen molar-refractivity contribution in [3.8, 4) is 0 Å². The lowest BCUT2D eigenvalue weighted by molar-refractivity contribution is 0.00283. The van der Waals surface area contributed by atoms with E-state index in [-0.39, 0.29) is 5.92 Å². The number of rotatable bonds is 3. The van der Waals surface area contributed by atoms with Crippen LogP contribution in [0.1, 0.15) is 30.3 Å². The first-order chi connectivity index (χ1) is 8.50. The average Bonchev–Trinajstić information content (AvgIpc) is 2.97. The van der Waals surface area contributed by atoms with E-state index in [0.29, 0.717) is 18.2 Å². The molecule has 0 radical (unpaired) electrons. The van der Waals surface area contributed by atoms with Gasteiger partial charge in [-0.1, -0.05) is 6.92 Å². The van der Waals surface area contributed by atoms with Crippen molar-refractivity contribution in [2.75, 3.05) is 18.0 Å². The number of β-amino-alcohol motifs (C(OH)–C–C–N with tert-alkyl or cyclic N) is 1. The second-order valence-electron chi connectivity index (χ2n) is 5.43. The van der Waals surface area contributed by atoms with E-state index in [9.17, 15) is 9.90 Å². The molecule has 18 heavy (non-hydrogen) atoms. The Kier molecular flexibility index (Phi) is 2.60. The van der Waals surface area contributed by atoms with Gasteiger partial charge in [0, 0.05) is 24.4 Å². The Balaban J connectivity index is 1.79. The van der Waals surface area contributed by atoms with Gasteiger partial charge in [-0.25, -0.2) is 4.98 Å². The van der Waals surface area contributed by atoms with Crippen LogP contribution in [-0.2, 0) is 0 Å². The zero-order valence-electron chi connectivity index (χ0n) is 10.3. The number of thiazole rings is 1. The molecular formula is C12H17N3O2S. The topological polar surface area (TPSA) is 79.5 Å². The molecule has 1 aromatic heterocycles. The normalized spacial score (nSPS) is 31.9. The number of carbonyl (C=O) groups is 1. The number of amides is 1. The van der Waals surface area contributed by atoms with E-state index in [1.54, 1.807) is 5.38 Å². The molecule has 5 nitrogen and oxygen atoms in total. The van der Waals surface area contributed by atoms with Crippen molar-refractivity contribution in [1.29, 1.82) is 0 Å². The van der Waals surface area contributed by atoms with Crippen LogP contribution >= 0.6 is 11.3 Å². The zero-order valence-corrected chi connectivity index (χ0v) is 11.1. The van der Waals surface area contributed by atoms with E-state index in [1.165, 1.54) is 11.3 Å². The smallest absolute Gasteiger partial charge is 0.268 e. The Morgan fingerprint density at radius 2 is 2.39 bits per heavy atom. The highest BCUT2D eigenvalue weighted by Crippen LogP contribution is 2.47. The molecule has 3 rings (SSSR count). The second kappa shape index (κ2) is 3.93. The van der Waals surface area contributed by atoms with Gasteiger partial charge in [0.15, 0.2) is 5.13 Å². The van der Waals surface area contributed by atoms with Gasteiger partial charge in [0.25, 0.3) is 5.91 Å². The first-order valence-corrected chi connectivity index (χ1v) is 7.11. The number of nitrogens with two attached hydrogens (primary N) is 1. The SMILES string of the molecule is C[C@@H]1CN(c2nc(C(N)=O)cs2)C[C@@]1(O)C1CC1. The lowest BCUT2D eigenvalue weighted by Gasteiger charge is -2.26. The number of carbonyl (C=O) groups excluding carboxylic acids is 1. The zero-order chi connectivity index (χ0) is 12.9. The molecule has 2 atom stereocenters. The number of hydrogen-bond donors (Lipinski definition) is 2. The van der Waals surface area contributed by atoms with Gasteiger partial charge in [-0.15, -0.1) is 11.3 Å². The lowest BCUT2D eigenvalue weighted by atomic mass is 9.88. The van der Waals surface area contributed by atoms with Gasteiger partial charge in [0.1, 0.15) is 5.69 Å². The Hall–Kier alpha value is -1.14. The van der Waals surface area contributed by atoms with E-state index >= 15 is 0 Å². The van der Waals surface area contributed by atoms with Crippen molar-refractivity contribution in [1.82, 2.24) is 4.98 Å². The molecule has 1 amide bonds. The van der Waals surface area contributed by atoms with Crippen molar-refractivity contribution < 1.29 is 9.90 Å². The first-order valence-electron chi connectivity index (χ1n) is 6.23. The van der Waals surface area contributed by atoms with Gasteiger partial charge in [0.05, 0.1) is 5.60 Å². The highest BCUT2D eigenvalue weighted by atomic mass is 32.1. The summed E-state index contributed by atoms with van der Waals surface area (Å²) in [7, 11) is 0. The third-order valence-electron chi connectivity index (χ3n) is 4.09. The summed E-state index contributed by atoms with van der Waals surface area (Å²) < 4.78 is 0. The minimum atomic E-state index is -0.585. The molecule has 1 saturated heterocycles. The summed E-state index contributed by atoms with van der Waals surface area (Å²) in [5.41, 5.74) is 4.93. The fourth-order valence-electron chi connectivity index (χ4n) is 2.80. The Morgan fingerprint density at radius 3 is 2.94 bits per heavy atom. The van der Waals surface area contributed by atoms with Crippen molar-refractivity contribution in [2.45, 2.75) is 25.4 Å². The third kappa shape index (κ3) is 1.80. The summed E-state index contributed by atoms with van der Waals surface area (Å²) in [4.78, 5) is 17.3. The molecule has 1 aromatic rings. The summed E-state index contributed by atoms with van der Waals surface area (Å²) in [6, 6.07) is 0. The number of aliphatic hydroxyl groups is 1.